The summed E-state index contributed by atoms with van der Waals surface area (Å²) >= 11 is 0. The highest BCUT2D eigenvalue weighted by atomic mass is 16.0. The van der Waals surface area contributed by atoms with Gasteiger partial charge in [0.15, 0.2) is 0 Å². The van der Waals surface area contributed by atoms with Crippen LogP contribution in [0, 0.1) is 0 Å². The lowest BCUT2D eigenvalue weighted by Gasteiger charge is -2.15. The molecule has 0 aromatic heterocycles. The van der Waals surface area contributed by atoms with Gasteiger partial charge in [0.25, 0.3) is 0 Å². The molecule has 23 N–H and O–H groups in total. The van der Waals surface area contributed by atoms with Crippen molar-refractivity contribution >= 4 is 0 Å². The second-order valence-corrected chi connectivity index (χ2v) is 2.77. The normalized spacial score (nSPS) is 11.2. The smallest absolute Gasteiger partial charge is 0.000111 e. The lowest BCUT2D eigenvalue weighted by molar-refractivity contribution is 0.192. The van der Waals surface area contributed by atoms with Crippen LogP contribution in [0.25, 0.3) is 0 Å². The molecule has 0 aliphatic rings. The van der Waals surface area contributed by atoms with Gasteiger partial charge in [0.2, 0.25) is 0 Å². The molecule has 0 rings (SSSR count). The third kappa shape index (κ3) is 21.1. The number of rotatable bonds is 20. The van der Waals surface area contributed by atoms with Gasteiger partial charge in [0.1, 0.15) is 0 Å². The molecule has 0 aromatic carbocycles. The minimum absolute atomic E-state index is 1.70. The van der Waals surface area contributed by atoms with E-state index in [0.29, 0.717) is 0 Å². The Morgan fingerprint density at radius 1 is 0.348 bits per heavy atom. The summed E-state index contributed by atoms with van der Waals surface area (Å²) in [5.74, 6) is 4.90. The van der Waals surface area contributed by atoms with E-state index in [2.05, 4.69) is 116 Å². The average molecular weight is 346 g/mol. The molecule has 23 heavy (non-hydrogen) atoms. The standard InChI is InChI=1S/CH26N22/c1-3-5-7-9-11-13-15-17-19-21-23-22-20-18-16-14-12-10-8-6-4-2/h3-23H,2H2,1H3. The number of nitrogens with two attached hydrogens (primary N) is 1. The molecule has 0 aliphatic heterocycles. The summed E-state index contributed by atoms with van der Waals surface area (Å²) in [6.45, 7) is 0. The van der Waals surface area contributed by atoms with E-state index in [9.17, 15) is 0 Å². The van der Waals surface area contributed by atoms with Gasteiger partial charge in [-0.15, -0.1) is 0 Å². The van der Waals surface area contributed by atoms with E-state index in [1.165, 1.54) is 0 Å². The second-order valence-electron chi connectivity index (χ2n) is 2.77. The van der Waals surface area contributed by atoms with Gasteiger partial charge in [-0.3, -0.25) is 5.84 Å². The van der Waals surface area contributed by atoms with Crippen molar-refractivity contribution in [2.75, 3.05) is 7.05 Å². The van der Waals surface area contributed by atoms with Gasteiger partial charge in [-0.25, -0.2) is 5.43 Å². The Hall–Kier alpha value is -0.880. The van der Waals surface area contributed by atoms with Crippen LogP contribution in [-0.2, 0) is 0 Å². The molecule has 0 fully saturated rings. The summed E-state index contributed by atoms with van der Waals surface area (Å²) in [5.41, 5.74) is 51.9. The monoisotopic (exact) mass is 346 g/mol. The summed E-state index contributed by atoms with van der Waals surface area (Å²) in [6, 6.07) is 0. The van der Waals surface area contributed by atoms with E-state index in [4.69, 9.17) is 5.84 Å². The van der Waals surface area contributed by atoms with Crippen molar-refractivity contribution in [1.29, 1.82) is 0 Å². The Morgan fingerprint density at radius 3 is 0.783 bits per heavy atom. The topological polar surface area (TPSA) is 279 Å². The van der Waals surface area contributed by atoms with Crippen LogP contribution in [0.4, 0.5) is 0 Å². The SMILES string of the molecule is CNNNNNNNNNNNNNNNNNNNNNN. The molecule has 0 bridgehead atoms. The molecule has 0 saturated heterocycles. The summed E-state index contributed by atoms with van der Waals surface area (Å²) in [7, 11) is 1.70. The number of nitrogens with one attached hydrogen (secondary N) is 21. The Bertz CT molecular complexity index is 170. The fourth-order valence-electron chi connectivity index (χ4n) is 0.630. The molecule has 140 valence electrons. The van der Waals surface area contributed by atoms with Gasteiger partial charge >= 0.3 is 0 Å². The first-order valence-electron chi connectivity index (χ1n) is 5.79. The molecule has 0 spiro atoms. The zero-order valence-electron chi connectivity index (χ0n) is 12.1. The quantitative estimate of drug-likeness (QED) is 0.0552. The molecule has 0 heterocycles. The number of hydrazine groups is 21. The van der Waals surface area contributed by atoms with Crippen LogP contribution in [0.15, 0.2) is 0 Å². The molecule has 0 unspecified atom stereocenters. The van der Waals surface area contributed by atoms with Crippen molar-refractivity contribution in [2.24, 2.45) is 5.84 Å². The van der Waals surface area contributed by atoms with Crippen molar-refractivity contribution in [3.05, 3.63) is 0 Å². The minimum atomic E-state index is 1.70. The Morgan fingerprint density at radius 2 is 0.565 bits per heavy atom. The average Bonchev–Trinajstić information content (AvgIpc) is 2.57. The van der Waals surface area contributed by atoms with Crippen LogP contribution in [-0.4, -0.2) is 7.05 Å². The predicted molar refractivity (Wildman–Crippen MR) is 76.0 cm³/mol. The maximum Gasteiger partial charge on any atom is -0.000111 e. The fourth-order valence-corrected chi connectivity index (χ4v) is 0.630. The van der Waals surface area contributed by atoms with Crippen LogP contribution in [0.3, 0.4) is 0 Å². The van der Waals surface area contributed by atoms with Gasteiger partial charge in [-0.05, 0) is 7.05 Å². The molecule has 0 aliphatic carbocycles. The maximum absolute atomic E-state index is 4.90. The lowest BCUT2D eigenvalue weighted by atomic mass is 11.5. The van der Waals surface area contributed by atoms with Crippen LogP contribution >= 0.6 is 0 Å². The van der Waals surface area contributed by atoms with Gasteiger partial charge in [0.05, 0.1) is 0 Å². The summed E-state index contributed by atoms with van der Waals surface area (Å²) in [6.07, 6.45) is 0. The fraction of sp³-hybridized carbons (Fsp3) is 1.00. The first kappa shape index (κ1) is 22.1. The maximum atomic E-state index is 4.90. The van der Waals surface area contributed by atoms with Crippen molar-refractivity contribution in [2.45, 2.75) is 0 Å². The van der Waals surface area contributed by atoms with E-state index in [1.54, 1.807) is 7.05 Å². The van der Waals surface area contributed by atoms with E-state index in [-0.39, 0.29) is 0 Å². The molecule has 0 amide bonds. The van der Waals surface area contributed by atoms with Crippen molar-refractivity contribution in [3.8, 4) is 0 Å². The van der Waals surface area contributed by atoms with E-state index in [0.717, 1.165) is 0 Å². The molecule has 22 nitrogen and oxygen atoms in total. The predicted octanol–water partition coefficient (Wildman–Crippen LogP) is -10.8. The highest BCUT2D eigenvalue weighted by Crippen LogP contribution is 1.29. The van der Waals surface area contributed by atoms with E-state index < -0.39 is 0 Å². The molecular formula is CH26N22. The molecule has 22 heteroatoms. The van der Waals surface area contributed by atoms with Crippen LogP contribution < -0.4 is 122 Å². The van der Waals surface area contributed by atoms with E-state index >= 15 is 0 Å². The third-order valence-corrected chi connectivity index (χ3v) is 1.32. The molecular weight excluding hydrogens is 320 g/mol. The number of hydrogen-bond acceptors (Lipinski definition) is 22. The second kappa shape index (κ2) is 21.1. The molecule has 0 atom stereocenters. The van der Waals surface area contributed by atoms with Crippen molar-refractivity contribution in [3.63, 3.8) is 0 Å². The summed E-state index contributed by atoms with van der Waals surface area (Å²) in [5, 5.41) is 0. The largest absolute Gasteiger partial charge is 0.257 e. The molecule has 0 radical (unpaired) electrons. The summed E-state index contributed by atoms with van der Waals surface area (Å²) < 4.78 is 0. The van der Waals surface area contributed by atoms with E-state index in [1.807, 2.05) is 0 Å². The van der Waals surface area contributed by atoms with Gasteiger partial charge in [-0.1, -0.05) is 0 Å². The minimum Gasteiger partial charge on any atom is -0.257 e. The Labute approximate surface area is 130 Å². The first-order valence-corrected chi connectivity index (χ1v) is 5.79. The van der Waals surface area contributed by atoms with Crippen molar-refractivity contribution in [1.82, 2.24) is 116 Å². The molecule has 0 aromatic rings. The Balaban J connectivity index is 2.92. The third-order valence-electron chi connectivity index (χ3n) is 1.32. The first-order chi connectivity index (χ1) is 11.4. The van der Waals surface area contributed by atoms with Gasteiger partial charge < -0.3 is 0 Å². The zero-order chi connectivity index (χ0) is 16.8. The van der Waals surface area contributed by atoms with Crippen LogP contribution in [0.5, 0.6) is 0 Å². The summed E-state index contributed by atoms with van der Waals surface area (Å²) in [4.78, 5) is 0. The lowest BCUT2D eigenvalue weighted by Crippen LogP contribution is -2.69. The van der Waals surface area contributed by atoms with Crippen molar-refractivity contribution < 1.29 is 0 Å². The van der Waals surface area contributed by atoms with Gasteiger partial charge in [-0.2, -0.15) is 111 Å². The van der Waals surface area contributed by atoms with Gasteiger partial charge in [0, 0.05) is 0 Å². The highest BCUT2D eigenvalue weighted by molar-refractivity contribution is 4.18. The van der Waals surface area contributed by atoms with Crippen LogP contribution in [0.1, 0.15) is 0 Å². The Kier molecular flexibility index (Phi) is 20.3. The molecule has 0 saturated carbocycles. The highest BCUT2D eigenvalue weighted by Gasteiger charge is 1.83. The number of hydrogen-bond donors (Lipinski definition) is 22. The zero-order valence-corrected chi connectivity index (χ0v) is 12.1. The van der Waals surface area contributed by atoms with Crippen LogP contribution in [0.2, 0.25) is 0 Å².